The van der Waals surface area contributed by atoms with Gasteiger partial charge in [-0.3, -0.25) is 0 Å². The van der Waals surface area contributed by atoms with Crippen LogP contribution in [0.4, 0.5) is 0 Å². The van der Waals surface area contributed by atoms with Gasteiger partial charge in [0.1, 0.15) is 5.01 Å². The standard InChI is InChI=1S/C12H20N2S/c1-4-8-5-6-9-10(7-8)15-11(14-9)12(2,3)13/h8H,4-7,13H2,1-3H3. The first-order valence-corrected chi connectivity index (χ1v) is 6.60. The van der Waals surface area contributed by atoms with E-state index in [-0.39, 0.29) is 5.54 Å². The van der Waals surface area contributed by atoms with Gasteiger partial charge in [0.15, 0.2) is 0 Å². The monoisotopic (exact) mass is 224 g/mol. The lowest BCUT2D eigenvalue weighted by Crippen LogP contribution is -2.28. The van der Waals surface area contributed by atoms with Crippen molar-refractivity contribution < 1.29 is 0 Å². The summed E-state index contributed by atoms with van der Waals surface area (Å²) in [6, 6.07) is 0. The number of hydrogen-bond acceptors (Lipinski definition) is 3. The summed E-state index contributed by atoms with van der Waals surface area (Å²) in [6.45, 7) is 6.35. The second-order valence-electron chi connectivity index (χ2n) is 5.13. The Morgan fingerprint density at radius 1 is 1.53 bits per heavy atom. The van der Waals surface area contributed by atoms with Gasteiger partial charge in [0.25, 0.3) is 0 Å². The van der Waals surface area contributed by atoms with Gasteiger partial charge in [-0.15, -0.1) is 11.3 Å². The molecule has 2 N–H and O–H groups in total. The van der Waals surface area contributed by atoms with E-state index in [4.69, 9.17) is 5.73 Å². The van der Waals surface area contributed by atoms with E-state index in [0.29, 0.717) is 0 Å². The van der Waals surface area contributed by atoms with E-state index >= 15 is 0 Å². The molecule has 1 aromatic heterocycles. The zero-order valence-electron chi connectivity index (χ0n) is 9.84. The quantitative estimate of drug-likeness (QED) is 0.839. The van der Waals surface area contributed by atoms with Crippen molar-refractivity contribution in [2.75, 3.05) is 0 Å². The molecule has 1 heterocycles. The van der Waals surface area contributed by atoms with Gasteiger partial charge in [0.2, 0.25) is 0 Å². The van der Waals surface area contributed by atoms with Crippen LogP contribution in [-0.4, -0.2) is 4.98 Å². The molecule has 2 nitrogen and oxygen atoms in total. The lowest BCUT2D eigenvalue weighted by atomic mass is 9.89. The molecule has 0 bridgehead atoms. The van der Waals surface area contributed by atoms with E-state index < -0.39 is 0 Å². The second-order valence-corrected chi connectivity index (χ2v) is 6.21. The Balaban J connectivity index is 2.26. The van der Waals surface area contributed by atoms with Crippen molar-refractivity contribution in [1.29, 1.82) is 0 Å². The van der Waals surface area contributed by atoms with E-state index in [2.05, 4.69) is 11.9 Å². The van der Waals surface area contributed by atoms with Gasteiger partial charge in [-0.25, -0.2) is 4.98 Å². The fourth-order valence-corrected chi connectivity index (χ4v) is 3.30. The minimum absolute atomic E-state index is 0.274. The third-order valence-corrected chi connectivity index (χ3v) is 4.63. The normalized spacial score (nSPS) is 21.5. The summed E-state index contributed by atoms with van der Waals surface area (Å²) in [5.74, 6) is 0.867. The number of hydrogen-bond donors (Lipinski definition) is 1. The Morgan fingerprint density at radius 3 is 2.87 bits per heavy atom. The number of thiazole rings is 1. The highest BCUT2D eigenvalue weighted by molar-refractivity contribution is 7.11. The number of fused-ring (bicyclic) bond motifs is 1. The molecular formula is C12H20N2S. The van der Waals surface area contributed by atoms with Crippen molar-refractivity contribution in [3.63, 3.8) is 0 Å². The molecule has 0 amide bonds. The van der Waals surface area contributed by atoms with Crippen molar-refractivity contribution in [3.05, 3.63) is 15.6 Å². The van der Waals surface area contributed by atoms with Gasteiger partial charge in [-0.05, 0) is 39.0 Å². The van der Waals surface area contributed by atoms with Crippen LogP contribution < -0.4 is 5.73 Å². The molecule has 1 aromatic rings. The van der Waals surface area contributed by atoms with Crippen molar-refractivity contribution in [3.8, 4) is 0 Å². The summed E-state index contributed by atoms with van der Waals surface area (Å²) in [4.78, 5) is 6.17. The third kappa shape index (κ3) is 2.23. The van der Waals surface area contributed by atoms with Crippen LogP contribution in [0, 0.1) is 5.92 Å². The smallest absolute Gasteiger partial charge is 0.112 e. The summed E-state index contributed by atoms with van der Waals surface area (Å²) >= 11 is 1.83. The van der Waals surface area contributed by atoms with Crippen molar-refractivity contribution in [1.82, 2.24) is 4.98 Å². The first-order chi connectivity index (χ1) is 7.00. The molecule has 0 aliphatic heterocycles. The summed E-state index contributed by atoms with van der Waals surface area (Å²) in [5, 5.41) is 1.10. The summed E-state index contributed by atoms with van der Waals surface area (Å²) in [5.41, 5.74) is 7.13. The van der Waals surface area contributed by atoms with Crippen LogP contribution in [0.2, 0.25) is 0 Å². The van der Waals surface area contributed by atoms with E-state index in [9.17, 15) is 0 Å². The molecule has 0 spiro atoms. The average Bonchev–Trinajstić information content (AvgIpc) is 2.59. The van der Waals surface area contributed by atoms with Gasteiger partial charge in [-0.2, -0.15) is 0 Å². The molecule has 0 saturated heterocycles. The van der Waals surface area contributed by atoms with Crippen LogP contribution in [0.3, 0.4) is 0 Å². The van der Waals surface area contributed by atoms with E-state index in [1.54, 1.807) is 0 Å². The number of aromatic nitrogens is 1. The Labute approximate surface area is 95.9 Å². The van der Waals surface area contributed by atoms with E-state index in [1.807, 2.05) is 25.2 Å². The van der Waals surface area contributed by atoms with Gasteiger partial charge >= 0.3 is 0 Å². The fraction of sp³-hybridized carbons (Fsp3) is 0.750. The Hall–Kier alpha value is -0.410. The summed E-state index contributed by atoms with van der Waals surface area (Å²) in [6.07, 6.45) is 4.97. The van der Waals surface area contributed by atoms with Gasteiger partial charge in [-0.1, -0.05) is 13.3 Å². The maximum atomic E-state index is 6.08. The number of aryl methyl sites for hydroxylation is 1. The van der Waals surface area contributed by atoms with Crippen LogP contribution in [0.1, 0.15) is 49.2 Å². The van der Waals surface area contributed by atoms with E-state index in [0.717, 1.165) is 17.3 Å². The van der Waals surface area contributed by atoms with Crippen LogP contribution in [0.5, 0.6) is 0 Å². The lowest BCUT2D eigenvalue weighted by Gasteiger charge is -2.18. The highest BCUT2D eigenvalue weighted by Gasteiger charge is 2.25. The molecular weight excluding hydrogens is 204 g/mol. The van der Waals surface area contributed by atoms with Gasteiger partial charge in [0, 0.05) is 4.88 Å². The first-order valence-electron chi connectivity index (χ1n) is 5.78. The topological polar surface area (TPSA) is 38.9 Å². The average molecular weight is 224 g/mol. The highest BCUT2D eigenvalue weighted by Crippen LogP contribution is 2.34. The second kappa shape index (κ2) is 3.87. The molecule has 0 radical (unpaired) electrons. The molecule has 1 aliphatic rings. The number of rotatable bonds is 2. The van der Waals surface area contributed by atoms with Crippen LogP contribution >= 0.6 is 11.3 Å². The van der Waals surface area contributed by atoms with Gasteiger partial charge in [0.05, 0.1) is 11.2 Å². The minimum atomic E-state index is -0.274. The zero-order chi connectivity index (χ0) is 11.1. The van der Waals surface area contributed by atoms with Crippen molar-refractivity contribution >= 4 is 11.3 Å². The minimum Gasteiger partial charge on any atom is -0.320 e. The van der Waals surface area contributed by atoms with Crippen molar-refractivity contribution in [2.45, 2.75) is 52.0 Å². The van der Waals surface area contributed by atoms with Crippen LogP contribution in [-0.2, 0) is 18.4 Å². The molecule has 0 aromatic carbocycles. The molecule has 1 unspecified atom stereocenters. The van der Waals surface area contributed by atoms with Crippen LogP contribution in [0.15, 0.2) is 0 Å². The van der Waals surface area contributed by atoms with Crippen LogP contribution in [0.25, 0.3) is 0 Å². The Bertz CT molecular complexity index is 349. The Morgan fingerprint density at radius 2 is 2.27 bits per heavy atom. The third-order valence-electron chi connectivity index (χ3n) is 3.17. The first kappa shape index (κ1) is 11.1. The predicted octanol–water partition coefficient (Wildman–Crippen LogP) is 2.85. The molecule has 2 rings (SSSR count). The maximum Gasteiger partial charge on any atom is 0.112 e. The summed E-state index contributed by atoms with van der Waals surface area (Å²) in [7, 11) is 0. The number of nitrogens with two attached hydrogens (primary N) is 1. The van der Waals surface area contributed by atoms with Gasteiger partial charge < -0.3 is 5.73 Å². The predicted molar refractivity (Wildman–Crippen MR) is 65.1 cm³/mol. The summed E-state index contributed by atoms with van der Waals surface area (Å²) < 4.78 is 0. The molecule has 84 valence electrons. The lowest BCUT2D eigenvalue weighted by molar-refractivity contribution is 0.444. The maximum absolute atomic E-state index is 6.08. The molecule has 1 atom stereocenters. The molecule has 1 aliphatic carbocycles. The SMILES string of the molecule is CCC1CCc2nc(C(C)(C)N)sc2C1. The largest absolute Gasteiger partial charge is 0.320 e. The van der Waals surface area contributed by atoms with E-state index in [1.165, 1.54) is 29.8 Å². The number of nitrogens with zero attached hydrogens (tertiary/aromatic N) is 1. The molecule has 0 saturated carbocycles. The zero-order valence-corrected chi connectivity index (χ0v) is 10.7. The molecule has 3 heteroatoms. The molecule has 0 fully saturated rings. The molecule has 15 heavy (non-hydrogen) atoms. The fourth-order valence-electron chi connectivity index (χ4n) is 2.07. The Kier molecular flexibility index (Phi) is 2.86. The highest BCUT2D eigenvalue weighted by atomic mass is 32.1. The van der Waals surface area contributed by atoms with Crippen molar-refractivity contribution in [2.24, 2.45) is 11.7 Å².